The Hall–Kier alpha value is -1.82. The molecule has 0 spiro atoms. The summed E-state index contributed by atoms with van der Waals surface area (Å²) in [7, 11) is 0. The molecule has 0 atom stereocenters. The zero-order valence-corrected chi connectivity index (χ0v) is 9.41. The van der Waals surface area contributed by atoms with Gasteiger partial charge in [0.2, 0.25) is 5.13 Å². The van der Waals surface area contributed by atoms with Crippen LogP contribution in [0.15, 0.2) is 24.3 Å². The van der Waals surface area contributed by atoms with Crippen molar-refractivity contribution in [3.8, 4) is 5.75 Å². The molecule has 1 aromatic heterocycles. The summed E-state index contributed by atoms with van der Waals surface area (Å²) in [5.41, 5.74) is 11.8. The number of ether oxygens (including phenoxy) is 1. The Kier molecular flexibility index (Phi) is 3.21. The fourth-order valence-corrected chi connectivity index (χ4v) is 1.82. The average Bonchev–Trinajstić information content (AvgIpc) is 2.64. The lowest BCUT2D eigenvalue weighted by atomic mass is 10.3. The molecule has 0 fully saturated rings. The molecule has 1 aromatic carbocycles. The topological polar surface area (TPSA) is 87.0 Å². The van der Waals surface area contributed by atoms with Gasteiger partial charge in [0.1, 0.15) is 10.8 Å². The Morgan fingerprint density at radius 1 is 1.25 bits per heavy atom. The van der Waals surface area contributed by atoms with Crippen molar-refractivity contribution in [1.82, 2.24) is 10.2 Å². The van der Waals surface area contributed by atoms with E-state index in [0.29, 0.717) is 23.8 Å². The molecule has 0 saturated heterocycles. The monoisotopic (exact) mass is 236 g/mol. The van der Waals surface area contributed by atoms with Gasteiger partial charge in [-0.2, -0.15) is 0 Å². The van der Waals surface area contributed by atoms with E-state index < -0.39 is 0 Å². The van der Waals surface area contributed by atoms with E-state index in [1.54, 1.807) is 6.07 Å². The van der Waals surface area contributed by atoms with Crippen LogP contribution in [-0.2, 0) is 6.42 Å². The molecule has 0 unspecified atom stereocenters. The minimum absolute atomic E-state index is 0.485. The maximum absolute atomic E-state index is 5.63. The fraction of sp³-hybridized carbons (Fsp3) is 0.200. The molecule has 0 amide bonds. The Morgan fingerprint density at radius 2 is 2.12 bits per heavy atom. The Balaban J connectivity index is 1.84. The van der Waals surface area contributed by atoms with Gasteiger partial charge in [-0.3, -0.25) is 0 Å². The number of rotatable bonds is 4. The summed E-state index contributed by atoms with van der Waals surface area (Å²) < 4.78 is 5.52. The van der Waals surface area contributed by atoms with Crippen molar-refractivity contribution >= 4 is 22.2 Å². The molecule has 2 aromatic rings. The summed E-state index contributed by atoms with van der Waals surface area (Å²) in [5.74, 6) is 0.762. The van der Waals surface area contributed by atoms with Crippen molar-refractivity contribution in [2.75, 3.05) is 18.1 Å². The molecular weight excluding hydrogens is 224 g/mol. The van der Waals surface area contributed by atoms with Crippen LogP contribution >= 0.6 is 11.3 Å². The van der Waals surface area contributed by atoms with Crippen LogP contribution in [0.25, 0.3) is 0 Å². The van der Waals surface area contributed by atoms with E-state index in [9.17, 15) is 0 Å². The van der Waals surface area contributed by atoms with Crippen LogP contribution in [0.5, 0.6) is 5.75 Å². The summed E-state index contributed by atoms with van der Waals surface area (Å²) in [6.07, 6.45) is 0.698. The average molecular weight is 236 g/mol. The highest BCUT2D eigenvalue weighted by atomic mass is 32.1. The second kappa shape index (κ2) is 4.80. The molecule has 6 heteroatoms. The maximum atomic E-state index is 5.63. The molecule has 1 heterocycles. The second-order valence-electron chi connectivity index (χ2n) is 3.20. The standard InChI is InChI=1S/C10H12N4OS/c11-7-2-1-3-8(6-7)15-5-4-9-13-14-10(12)16-9/h1-3,6H,4-5,11H2,(H2,12,14). The van der Waals surface area contributed by atoms with Crippen molar-refractivity contribution in [2.45, 2.75) is 6.42 Å². The molecule has 0 bridgehead atoms. The maximum Gasteiger partial charge on any atom is 0.203 e. The molecule has 16 heavy (non-hydrogen) atoms. The summed E-state index contributed by atoms with van der Waals surface area (Å²) in [4.78, 5) is 0. The van der Waals surface area contributed by atoms with Crippen molar-refractivity contribution in [2.24, 2.45) is 0 Å². The van der Waals surface area contributed by atoms with E-state index in [0.717, 1.165) is 10.8 Å². The van der Waals surface area contributed by atoms with Gasteiger partial charge in [0, 0.05) is 18.2 Å². The van der Waals surface area contributed by atoms with Gasteiger partial charge in [0.05, 0.1) is 6.61 Å². The number of hydrogen-bond donors (Lipinski definition) is 2. The summed E-state index contributed by atoms with van der Waals surface area (Å²) >= 11 is 1.38. The van der Waals surface area contributed by atoms with Gasteiger partial charge in [-0.15, -0.1) is 10.2 Å². The Bertz CT molecular complexity index is 471. The van der Waals surface area contributed by atoms with Gasteiger partial charge in [0.25, 0.3) is 0 Å². The highest BCUT2D eigenvalue weighted by Crippen LogP contribution is 2.16. The molecule has 2 rings (SSSR count). The lowest BCUT2D eigenvalue weighted by molar-refractivity contribution is 0.321. The number of aromatic nitrogens is 2. The number of nitrogen functional groups attached to an aromatic ring is 2. The third-order valence-electron chi connectivity index (χ3n) is 1.93. The molecular formula is C10H12N4OS. The predicted octanol–water partition coefficient (Wildman–Crippen LogP) is 1.32. The zero-order chi connectivity index (χ0) is 11.4. The first kappa shape index (κ1) is 10.7. The molecule has 84 valence electrons. The van der Waals surface area contributed by atoms with E-state index in [-0.39, 0.29) is 0 Å². The minimum Gasteiger partial charge on any atom is -0.493 e. The van der Waals surface area contributed by atoms with Gasteiger partial charge in [0.15, 0.2) is 0 Å². The predicted molar refractivity (Wildman–Crippen MR) is 64.4 cm³/mol. The van der Waals surface area contributed by atoms with Gasteiger partial charge >= 0.3 is 0 Å². The van der Waals surface area contributed by atoms with Gasteiger partial charge in [-0.1, -0.05) is 17.4 Å². The van der Waals surface area contributed by atoms with E-state index in [1.165, 1.54) is 11.3 Å². The fourth-order valence-electron chi connectivity index (χ4n) is 1.23. The van der Waals surface area contributed by atoms with Crippen LogP contribution in [-0.4, -0.2) is 16.8 Å². The van der Waals surface area contributed by atoms with Crippen molar-refractivity contribution in [3.05, 3.63) is 29.3 Å². The largest absolute Gasteiger partial charge is 0.493 e. The van der Waals surface area contributed by atoms with Crippen LogP contribution < -0.4 is 16.2 Å². The minimum atomic E-state index is 0.485. The quantitative estimate of drug-likeness (QED) is 0.782. The molecule has 5 nitrogen and oxygen atoms in total. The molecule has 4 N–H and O–H groups in total. The van der Waals surface area contributed by atoms with Crippen LogP contribution in [0.3, 0.4) is 0 Å². The van der Waals surface area contributed by atoms with E-state index in [4.69, 9.17) is 16.2 Å². The van der Waals surface area contributed by atoms with E-state index >= 15 is 0 Å². The van der Waals surface area contributed by atoms with Crippen molar-refractivity contribution in [3.63, 3.8) is 0 Å². The Labute approximate surface area is 97.1 Å². The number of benzene rings is 1. The second-order valence-corrected chi connectivity index (χ2v) is 4.30. The summed E-state index contributed by atoms with van der Waals surface area (Å²) in [5, 5.41) is 8.99. The van der Waals surface area contributed by atoms with Crippen LogP contribution in [0.4, 0.5) is 10.8 Å². The number of nitrogens with two attached hydrogens (primary N) is 2. The first-order valence-electron chi connectivity index (χ1n) is 4.80. The van der Waals surface area contributed by atoms with Crippen LogP contribution in [0.2, 0.25) is 0 Å². The number of hydrogen-bond acceptors (Lipinski definition) is 6. The van der Waals surface area contributed by atoms with Gasteiger partial charge in [-0.05, 0) is 12.1 Å². The third-order valence-corrected chi connectivity index (χ3v) is 2.74. The lowest BCUT2D eigenvalue weighted by Gasteiger charge is -2.04. The third kappa shape index (κ3) is 2.83. The molecule has 0 radical (unpaired) electrons. The summed E-state index contributed by atoms with van der Waals surface area (Å²) in [6.45, 7) is 0.540. The first-order valence-corrected chi connectivity index (χ1v) is 5.62. The lowest BCUT2D eigenvalue weighted by Crippen LogP contribution is -2.01. The number of anilines is 2. The molecule has 0 aliphatic carbocycles. The summed E-state index contributed by atoms with van der Waals surface area (Å²) in [6, 6.07) is 7.32. The van der Waals surface area contributed by atoms with Crippen LogP contribution in [0, 0.1) is 0 Å². The Morgan fingerprint density at radius 3 is 2.81 bits per heavy atom. The van der Waals surface area contributed by atoms with Crippen LogP contribution in [0.1, 0.15) is 5.01 Å². The van der Waals surface area contributed by atoms with Crippen molar-refractivity contribution < 1.29 is 4.74 Å². The zero-order valence-electron chi connectivity index (χ0n) is 8.59. The van der Waals surface area contributed by atoms with Crippen molar-refractivity contribution in [1.29, 1.82) is 0 Å². The van der Waals surface area contributed by atoms with E-state index in [1.807, 2.05) is 18.2 Å². The van der Waals surface area contributed by atoms with Gasteiger partial charge < -0.3 is 16.2 Å². The van der Waals surface area contributed by atoms with E-state index in [2.05, 4.69) is 10.2 Å². The molecule has 0 saturated carbocycles. The highest BCUT2D eigenvalue weighted by Gasteiger charge is 2.01. The highest BCUT2D eigenvalue weighted by molar-refractivity contribution is 7.15. The van der Waals surface area contributed by atoms with Gasteiger partial charge in [-0.25, -0.2) is 0 Å². The SMILES string of the molecule is Nc1cccc(OCCc2nnc(N)s2)c1. The molecule has 0 aliphatic rings. The normalized spacial score (nSPS) is 10.2. The number of nitrogens with zero attached hydrogens (tertiary/aromatic N) is 2. The first-order chi connectivity index (χ1) is 7.74. The molecule has 0 aliphatic heterocycles. The smallest absolute Gasteiger partial charge is 0.203 e.